The molecule has 0 amide bonds. The minimum absolute atomic E-state index is 0.0848. The molecule has 4 heterocycles. The maximum Gasteiger partial charge on any atom is 0.256 e. The predicted octanol–water partition coefficient (Wildman–Crippen LogP) is 0.600. The van der Waals surface area contributed by atoms with Crippen LogP contribution in [0, 0.1) is 6.92 Å². The standard InChI is InChI=1S/C17H20N6O3S/c1-4-22-10-19-15-9-23(6-5-13(15)17(22)24)27(25,26)12-7-14-11(2)20-21(3)16(14)18-8-12/h7-8,10H,4-6,9H2,1-3H3. The maximum absolute atomic E-state index is 13.1. The summed E-state index contributed by atoms with van der Waals surface area (Å²) in [4.78, 5) is 21.1. The summed E-state index contributed by atoms with van der Waals surface area (Å²) in [6, 6.07) is 1.61. The molecule has 9 nitrogen and oxygen atoms in total. The molecule has 27 heavy (non-hydrogen) atoms. The predicted molar refractivity (Wildman–Crippen MR) is 98.7 cm³/mol. The second-order valence-corrected chi connectivity index (χ2v) is 8.54. The molecular formula is C17H20N6O3S. The highest BCUT2D eigenvalue weighted by atomic mass is 32.2. The molecule has 0 atom stereocenters. The van der Waals surface area contributed by atoms with E-state index in [9.17, 15) is 13.2 Å². The molecule has 0 aromatic carbocycles. The number of hydrogen-bond donors (Lipinski definition) is 0. The third-order valence-corrected chi connectivity index (χ3v) is 6.78. The van der Waals surface area contributed by atoms with Gasteiger partial charge in [-0.25, -0.2) is 18.4 Å². The van der Waals surface area contributed by atoms with Crippen LogP contribution in [0.5, 0.6) is 0 Å². The first-order chi connectivity index (χ1) is 12.8. The number of rotatable bonds is 3. The molecule has 0 N–H and O–H groups in total. The summed E-state index contributed by atoms with van der Waals surface area (Å²) in [6.45, 7) is 4.56. The molecule has 142 valence electrons. The lowest BCUT2D eigenvalue weighted by Gasteiger charge is -2.27. The van der Waals surface area contributed by atoms with E-state index in [0.717, 1.165) is 5.69 Å². The minimum atomic E-state index is -3.75. The van der Waals surface area contributed by atoms with Gasteiger partial charge in [-0.1, -0.05) is 0 Å². The van der Waals surface area contributed by atoms with Gasteiger partial charge in [0.15, 0.2) is 5.65 Å². The number of sulfonamides is 1. The van der Waals surface area contributed by atoms with Crippen LogP contribution >= 0.6 is 0 Å². The number of nitrogens with zero attached hydrogens (tertiary/aromatic N) is 6. The van der Waals surface area contributed by atoms with Gasteiger partial charge >= 0.3 is 0 Å². The molecule has 0 aliphatic carbocycles. The average Bonchev–Trinajstić information content (AvgIpc) is 2.95. The topological polar surface area (TPSA) is 103 Å². The van der Waals surface area contributed by atoms with Gasteiger partial charge in [0.05, 0.1) is 24.3 Å². The molecule has 0 spiro atoms. The van der Waals surface area contributed by atoms with E-state index in [1.165, 1.54) is 21.4 Å². The van der Waals surface area contributed by atoms with E-state index in [1.54, 1.807) is 17.8 Å². The lowest BCUT2D eigenvalue weighted by Crippen LogP contribution is -2.40. The molecule has 0 fully saturated rings. The van der Waals surface area contributed by atoms with Crippen LogP contribution in [0.4, 0.5) is 0 Å². The van der Waals surface area contributed by atoms with Crippen molar-refractivity contribution in [1.82, 2.24) is 28.6 Å². The first kappa shape index (κ1) is 17.8. The van der Waals surface area contributed by atoms with E-state index in [-0.39, 0.29) is 23.5 Å². The Morgan fingerprint density at radius 2 is 2.04 bits per heavy atom. The molecular weight excluding hydrogens is 368 g/mol. The van der Waals surface area contributed by atoms with Crippen molar-refractivity contribution >= 4 is 21.1 Å². The van der Waals surface area contributed by atoms with Crippen molar-refractivity contribution in [1.29, 1.82) is 0 Å². The van der Waals surface area contributed by atoms with Crippen LogP contribution in [0.25, 0.3) is 11.0 Å². The Morgan fingerprint density at radius 3 is 2.78 bits per heavy atom. The van der Waals surface area contributed by atoms with Crippen LogP contribution < -0.4 is 5.56 Å². The Hall–Kier alpha value is -2.59. The second-order valence-electron chi connectivity index (χ2n) is 6.60. The first-order valence-electron chi connectivity index (χ1n) is 8.69. The first-order valence-corrected chi connectivity index (χ1v) is 10.1. The minimum Gasteiger partial charge on any atom is -0.299 e. The van der Waals surface area contributed by atoms with Crippen molar-refractivity contribution < 1.29 is 8.42 Å². The molecule has 0 radical (unpaired) electrons. The highest BCUT2D eigenvalue weighted by Crippen LogP contribution is 2.25. The lowest BCUT2D eigenvalue weighted by atomic mass is 10.1. The van der Waals surface area contributed by atoms with E-state index >= 15 is 0 Å². The smallest absolute Gasteiger partial charge is 0.256 e. The quantitative estimate of drug-likeness (QED) is 0.651. The van der Waals surface area contributed by atoms with Gasteiger partial charge < -0.3 is 0 Å². The molecule has 3 aromatic heterocycles. The van der Waals surface area contributed by atoms with E-state index in [1.807, 2.05) is 13.8 Å². The summed E-state index contributed by atoms with van der Waals surface area (Å²) in [5.74, 6) is 0. The molecule has 0 saturated carbocycles. The number of aryl methyl sites for hydroxylation is 3. The van der Waals surface area contributed by atoms with Crippen molar-refractivity contribution in [3.8, 4) is 0 Å². The zero-order chi connectivity index (χ0) is 19.3. The fourth-order valence-corrected chi connectivity index (χ4v) is 4.82. The van der Waals surface area contributed by atoms with Gasteiger partial charge in [0, 0.05) is 37.3 Å². The highest BCUT2D eigenvalue weighted by Gasteiger charge is 2.31. The molecule has 0 bridgehead atoms. The zero-order valence-electron chi connectivity index (χ0n) is 15.4. The third kappa shape index (κ3) is 2.76. The van der Waals surface area contributed by atoms with Crippen LogP contribution in [0.3, 0.4) is 0 Å². The van der Waals surface area contributed by atoms with E-state index in [2.05, 4.69) is 15.1 Å². The SMILES string of the molecule is CCn1cnc2c(c1=O)CCN(S(=O)(=O)c1cnc3c(c1)c(C)nn3C)C2. The van der Waals surface area contributed by atoms with Crippen molar-refractivity contribution in [3.63, 3.8) is 0 Å². The molecule has 1 aliphatic heterocycles. The number of fused-ring (bicyclic) bond motifs is 2. The number of pyridine rings is 1. The summed E-state index contributed by atoms with van der Waals surface area (Å²) >= 11 is 0. The van der Waals surface area contributed by atoms with Gasteiger partial charge in [0.2, 0.25) is 10.0 Å². The molecule has 10 heteroatoms. The van der Waals surface area contributed by atoms with E-state index < -0.39 is 10.0 Å². The molecule has 0 unspecified atom stereocenters. The largest absolute Gasteiger partial charge is 0.299 e. The summed E-state index contributed by atoms with van der Waals surface area (Å²) in [7, 11) is -1.98. The zero-order valence-corrected chi connectivity index (χ0v) is 16.2. The lowest BCUT2D eigenvalue weighted by molar-refractivity contribution is 0.381. The van der Waals surface area contributed by atoms with Crippen molar-refractivity contribution in [2.24, 2.45) is 7.05 Å². The monoisotopic (exact) mass is 388 g/mol. The van der Waals surface area contributed by atoms with Crippen LogP contribution in [-0.4, -0.2) is 43.6 Å². The Balaban J connectivity index is 1.72. The molecule has 4 rings (SSSR count). The van der Waals surface area contributed by atoms with Crippen molar-refractivity contribution in [3.05, 3.63) is 45.9 Å². The average molecular weight is 388 g/mol. The normalized spacial score (nSPS) is 15.2. The van der Waals surface area contributed by atoms with Crippen LogP contribution in [0.1, 0.15) is 23.9 Å². The van der Waals surface area contributed by atoms with Crippen molar-refractivity contribution in [2.75, 3.05) is 6.54 Å². The van der Waals surface area contributed by atoms with E-state index in [0.29, 0.717) is 35.3 Å². The fraction of sp³-hybridized carbons (Fsp3) is 0.412. The second kappa shape index (κ2) is 6.24. The third-order valence-electron chi connectivity index (χ3n) is 4.97. The summed E-state index contributed by atoms with van der Waals surface area (Å²) in [6.07, 6.45) is 3.18. The molecule has 0 saturated heterocycles. The Morgan fingerprint density at radius 1 is 1.26 bits per heavy atom. The van der Waals surface area contributed by atoms with Gasteiger partial charge in [0.25, 0.3) is 5.56 Å². The number of hydrogen-bond acceptors (Lipinski definition) is 6. The maximum atomic E-state index is 13.1. The van der Waals surface area contributed by atoms with Gasteiger partial charge in [0.1, 0.15) is 4.90 Å². The van der Waals surface area contributed by atoms with Gasteiger partial charge in [-0.3, -0.25) is 14.0 Å². The summed E-state index contributed by atoms with van der Waals surface area (Å²) in [5.41, 5.74) is 2.39. The Labute approximate surface area is 156 Å². The van der Waals surface area contributed by atoms with Crippen LogP contribution in [0.15, 0.2) is 28.3 Å². The number of aromatic nitrogens is 5. The highest BCUT2D eigenvalue weighted by molar-refractivity contribution is 7.89. The summed E-state index contributed by atoms with van der Waals surface area (Å²) < 4.78 is 30.7. The van der Waals surface area contributed by atoms with Crippen molar-refractivity contribution in [2.45, 2.75) is 38.3 Å². The van der Waals surface area contributed by atoms with Crippen LogP contribution in [0.2, 0.25) is 0 Å². The Bertz CT molecular complexity index is 1210. The van der Waals surface area contributed by atoms with Gasteiger partial charge in [-0.2, -0.15) is 9.40 Å². The summed E-state index contributed by atoms with van der Waals surface area (Å²) in [5, 5.41) is 4.99. The van der Waals surface area contributed by atoms with Gasteiger partial charge in [-0.05, 0) is 26.3 Å². The molecule has 3 aromatic rings. The van der Waals surface area contributed by atoms with Gasteiger partial charge in [-0.15, -0.1) is 0 Å². The fourth-order valence-electron chi connectivity index (χ4n) is 3.45. The molecule has 1 aliphatic rings. The van der Waals surface area contributed by atoms with Crippen LogP contribution in [-0.2, 0) is 36.6 Å². The van der Waals surface area contributed by atoms with E-state index in [4.69, 9.17) is 0 Å². The Kier molecular flexibility index (Phi) is 4.11.